The normalized spacial score (nSPS) is 20.4. The molecule has 2 amide bonds. The van der Waals surface area contributed by atoms with E-state index in [0.717, 1.165) is 24.1 Å². The maximum atomic E-state index is 14.8. The highest BCUT2D eigenvalue weighted by atomic mass is 19.1. The topological polar surface area (TPSA) is 100 Å². The molecule has 2 unspecified atom stereocenters. The van der Waals surface area contributed by atoms with Crippen molar-refractivity contribution in [1.82, 2.24) is 25.2 Å². The smallest absolute Gasteiger partial charge is 0.248 e. The molecular weight excluding hydrogens is 485 g/mol. The molecule has 8 nitrogen and oxygen atoms in total. The first-order valence-corrected chi connectivity index (χ1v) is 13.1. The summed E-state index contributed by atoms with van der Waals surface area (Å²) in [5.41, 5.74) is 2.25. The number of amides is 2. The van der Waals surface area contributed by atoms with Crippen LogP contribution < -0.4 is 5.32 Å². The van der Waals surface area contributed by atoms with Crippen LogP contribution in [0.3, 0.4) is 0 Å². The molecule has 0 radical (unpaired) electrons. The molecule has 38 heavy (non-hydrogen) atoms. The lowest BCUT2D eigenvalue weighted by Crippen LogP contribution is -2.50. The highest BCUT2D eigenvalue weighted by Gasteiger charge is 2.45. The number of aromatic nitrogens is 3. The molecule has 5 rings (SSSR count). The van der Waals surface area contributed by atoms with Crippen LogP contribution in [0.25, 0.3) is 11.1 Å². The minimum atomic E-state index is -0.831. The zero-order valence-electron chi connectivity index (χ0n) is 22.0. The van der Waals surface area contributed by atoms with E-state index in [4.69, 9.17) is 0 Å². The van der Waals surface area contributed by atoms with Crippen LogP contribution in [0.5, 0.6) is 0 Å². The monoisotopic (exact) mass is 519 g/mol. The van der Waals surface area contributed by atoms with Crippen LogP contribution >= 0.6 is 0 Å². The molecule has 2 heterocycles. The van der Waals surface area contributed by atoms with Crippen molar-refractivity contribution in [1.29, 1.82) is 0 Å². The van der Waals surface area contributed by atoms with Crippen LogP contribution in [-0.2, 0) is 16.1 Å². The fourth-order valence-corrected chi connectivity index (χ4v) is 5.15. The Balaban J connectivity index is 1.29. The molecule has 1 saturated carbocycles. The fourth-order valence-electron chi connectivity index (χ4n) is 5.15. The Labute approximate surface area is 221 Å². The van der Waals surface area contributed by atoms with Crippen LogP contribution in [0.15, 0.2) is 54.7 Å². The van der Waals surface area contributed by atoms with Gasteiger partial charge < -0.3 is 15.3 Å². The highest BCUT2D eigenvalue weighted by Crippen LogP contribution is 2.40. The first kappa shape index (κ1) is 26.0. The summed E-state index contributed by atoms with van der Waals surface area (Å²) in [6, 6.07) is 12.6. The second kappa shape index (κ2) is 10.3. The number of aliphatic hydroxyl groups excluding tert-OH is 1. The van der Waals surface area contributed by atoms with Gasteiger partial charge >= 0.3 is 0 Å². The number of halogens is 1. The number of benzene rings is 2. The highest BCUT2D eigenvalue weighted by molar-refractivity contribution is 5.90. The molecule has 200 valence electrons. The van der Waals surface area contributed by atoms with Gasteiger partial charge in [-0.2, -0.15) is 0 Å². The van der Waals surface area contributed by atoms with E-state index in [9.17, 15) is 19.1 Å². The van der Waals surface area contributed by atoms with E-state index >= 15 is 0 Å². The van der Waals surface area contributed by atoms with Crippen LogP contribution in [-0.4, -0.2) is 55.5 Å². The van der Waals surface area contributed by atoms with Crippen LogP contribution in [0, 0.1) is 11.2 Å². The number of β-amino-alcohol motifs (C(OH)–C–C–N with tert-alkyl or cyclic N) is 1. The summed E-state index contributed by atoms with van der Waals surface area (Å²) in [6.45, 7) is 6.01. The van der Waals surface area contributed by atoms with Crippen molar-refractivity contribution in [2.75, 3.05) is 6.54 Å². The molecule has 0 spiro atoms. The first-order chi connectivity index (χ1) is 18.1. The van der Waals surface area contributed by atoms with Gasteiger partial charge in [-0.15, -0.1) is 5.10 Å². The van der Waals surface area contributed by atoms with E-state index in [1.807, 2.05) is 57.3 Å². The maximum Gasteiger partial charge on any atom is 0.248 e. The number of carbonyl (C=O) groups excluding carboxylic acids is 2. The van der Waals surface area contributed by atoms with Gasteiger partial charge in [0, 0.05) is 37.2 Å². The summed E-state index contributed by atoms with van der Waals surface area (Å²) >= 11 is 0. The second-order valence-electron chi connectivity index (χ2n) is 11.5. The SMILES string of the molecule is CC(C)(C)[C@@H](C(=O)N1CC(O)CC1C(=O)NCc1ccc(-c2ccccc2)c(F)c1)n1cc(C2CC2)nn1. The number of nitrogens with zero attached hydrogens (tertiary/aromatic N) is 4. The van der Waals surface area contributed by atoms with Crippen molar-refractivity contribution in [3.8, 4) is 11.1 Å². The van der Waals surface area contributed by atoms with Crippen LogP contribution in [0.2, 0.25) is 0 Å². The molecule has 2 aliphatic rings. The second-order valence-corrected chi connectivity index (χ2v) is 11.5. The van der Waals surface area contributed by atoms with E-state index in [1.165, 1.54) is 11.0 Å². The molecule has 2 fully saturated rings. The summed E-state index contributed by atoms with van der Waals surface area (Å²) in [4.78, 5) is 28.5. The Kier molecular flexibility index (Phi) is 7.05. The van der Waals surface area contributed by atoms with E-state index in [1.54, 1.807) is 16.8 Å². The Morgan fingerprint density at radius 1 is 1.16 bits per heavy atom. The summed E-state index contributed by atoms with van der Waals surface area (Å²) in [6.07, 6.45) is 3.32. The van der Waals surface area contributed by atoms with Gasteiger partial charge in [-0.1, -0.05) is 68.4 Å². The van der Waals surface area contributed by atoms with E-state index in [2.05, 4.69) is 15.6 Å². The third-order valence-corrected chi connectivity index (χ3v) is 7.29. The molecule has 1 aliphatic heterocycles. The third kappa shape index (κ3) is 5.48. The average molecular weight is 520 g/mol. The summed E-state index contributed by atoms with van der Waals surface area (Å²) < 4.78 is 16.4. The quantitative estimate of drug-likeness (QED) is 0.494. The van der Waals surface area contributed by atoms with Gasteiger partial charge in [0.2, 0.25) is 11.8 Å². The Hall–Kier alpha value is -3.59. The van der Waals surface area contributed by atoms with Gasteiger partial charge in [-0.25, -0.2) is 9.07 Å². The lowest BCUT2D eigenvalue weighted by Gasteiger charge is -2.34. The predicted molar refractivity (Wildman–Crippen MR) is 140 cm³/mol. The molecule has 2 aromatic carbocycles. The summed E-state index contributed by atoms with van der Waals surface area (Å²) in [5.74, 6) is -0.632. The molecule has 1 saturated heterocycles. The number of aliphatic hydroxyl groups is 1. The minimum absolute atomic E-state index is 0.0636. The fraction of sp³-hybridized carbons (Fsp3) is 0.448. The molecule has 0 bridgehead atoms. The lowest BCUT2D eigenvalue weighted by atomic mass is 9.85. The predicted octanol–water partition coefficient (Wildman–Crippen LogP) is 3.83. The number of likely N-dealkylation sites (tertiary alicyclic amines) is 1. The van der Waals surface area contributed by atoms with E-state index in [-0.39, 0.29) is 37.1 Å². The van der Waals surface area contributed by atoms with Crippen molar-refractivity contribution >= 4 is 11.8 Å². The maximum absolute atomic E-state index is 14.8. The van der Waals surface area contributed by atoms with Gasteiger partial charge in [0.05, 0.1) is 11.8 Å². The van der Waals surface area contributed by atoms with Gasteiger partial charge in [0.1, 0.15) is 17.9 Å². The summed E-state index contributed by atoms with van der Waals surface area (Å²) in [7, 11) is 0. The number of rotatable bonds is 7. The third-order valence-electron chi connectivity index (χ3n) is 7.29. The Morgan fingerprint density at radius 2 is 1.89 bits per heavy atom. The largest absolute Gasteiger partial charge is 0.391 e. The molecule has 2 N–H and O–H groups in total. The molecule has 1 aliphatic carbocycles. The molecular formula is C29H34FN5O3. The van der Waals surface area contributed by atoms with E-state index < -0.39 is 23.6 Å². The Bertz CT molecular complexity index is 1320. The van der Waals surface area contributed by atoms with Crippen molar-refractivity contribution in [2.24, 2.45) is 5.41 Å². The van der Waals surface area contributed by atoms with Gasteiger partial charge in [-0.05, 0) is 35.4 Å². The van der Waals surface area contributed by atoms with Gasteiger partial charge in [0.25, 0.3) is 0 Å². The number of carbonyl (C=O) groups is 2. The Morgan fingerprint density at radius 3 is 2.55 bits per heavy atom. The van der Waals surface area contributed by atoms with Crippen molar-refractivity contribution < 1.29 is 19.1 Å². The van der Waals surface area contributed by atoms with Crippen LogP contribution in [0.1, 0.15) is 63.3 Å². The molecule has 9 heteroatoms. The molecule has 1 aromatic heterocycles. The van der Waals surface area contributed by atoms with Crippen molar-refractivity contribution in [3.05, 3.63) is 71.8 Å². The summed E-state index contributed by atoms with van der Waals surface area (Å²) in [5, 5.41) is 21.8. The molecule has 3 atom stereocenters. The van der Waals surface area contributed by atoms with Gasteiger partial charge in [0.15, 0.2) is 0 Å². The van der Waals surface area contributed by atoms with Gasteiger partial charge in [-0.3, -0.25) is 9.59 Å². The minimum Gasteiger partial charge on any atom is -0.391 e. The average Bonchev–Trinajstić information content (AvgIpc) is 3.49. The number of hydrogen-bond donors (Lipinski definition) is 2. The van der Waals surface area contributed by atoms with Crippen molar-refractivity contribution in [2.45, 2.75) is 70.7 Å². The zero-order chi connectivity index (χ0) is 27.0. The standard InChI is InChI=1S/C29H34FN5O3/c1-29(2,3)26(35-17-24(32-33-35)20-10-11-20)28(38)34-16-21(36)14-25(34)27(37)31-15-18-9-12-22(23(30)13-18)19-7-5-4-6-8-19/h4-9,12-13,17,20-21,25-26,36H,10-11,14-16H2,1-3H3,(H,31,37)/t21?,25?,26-/m1/s1. The number of nitrogens with one attached hydrogen (secondary N) is 1. The zero-order valence-corrected chi connectivity index (χ0v) is 22.0. The lowest BCUT2D eigenvalue weighted by molar-refractivity contribution is -0.144. The number of hydrogen-bond acceptors (Lipinski definition) is 5. The van der Waals surface area contributed by atoms with E-state index in [0.29, 0.717) is 17.0 Å². The van der Waals surface area contributed by atoms with Crippen LogP contribution in [0.4, 0.5) is 4.39 Å². The molecule has 3 aromatic rings. The van der Waals surface area contributed by atoms with Crippen molar-refractivity contribution in [3.63, 3.8) is 0 Å². The first-order valence-electron chi connectivity index (χ1n) is 13.1.